The molecular formula is C23H21N5O3S. The van der Waals surface area contributed by atoms with Gasteiger partial charge in [0.1, 0.15) is 16.8 Å². The monoisotopic (exact) mass is 447 g/mol. The summed E-state index contributed by atoms with van der Waals surface area (Å²) in [6, 6.07) is 15.4. The Hall–Kier alpha value is -3.59. The Bertz CT molecular complexity index is 1360. The second-order valence-electron chi connectivity index (χ2n) is 7.40. The summed E-state index contributed by atoms with van der Waals surface area (Å²) in [6.07, 6.45) is 3.40. The van der Waals surface area contributed by atoms with Gasteiger partial charge in [-0.05, 0) is 36.6 Å². The molecule has 0 saturated carbocycles. The molecule has 0 fully saturated rings. The molecule has 0 spiro atoms. The van der Waals surface area contributed by atoms with Crippen molar-refractivity contribution in [3.05, 3.63) is 70.6 Å². The quantitative estimate of drug-likeness (QED) is 0.373. The van der Waals surface area contributed by atoms with Gasteiger partial charge in [0, 0.05) is 12.2 Å². The molecule has 3 heterocycles. The average Bonchev–Trinajstić information content (AvgIpc) is 3.26. The number of hydrogen-bond acceptors (Lipinski definition) is 6. The van der Waals surface area contributed by atoms with Gasteiger partial charge in [-0.25, -0.2) is 9.67 Å². The van der Waals surface area contributed by atoms with Crippen LogP contribution in [0.4, 0.5) is 5.69 Å². The number of nitrogens with one attached hydrogen (secondary N) is 1. The molecule has 162 valence electrons. The molecular weight excluding hydrogens is 426 g/mol. The van der Waals surface area contributed by atoms with Crippen molar-refractivity contribution in [3.63, 3.8) is 0 Å². The van der Waals surface area contributed by atoms with E-state index in [9.17, 15) is 9.59 Å². The van der Waals surface area contributed by atoms with Crippen LogP contribution in [-0.2, 0) is 11.2 Å². The van der Waals surface area contributed by atoms with Crippen molar-refractivity contribution >= 4 is 34.4 Å². The maximum atomic E-state index is 13.0. The molecule has 2 aromatic carbocycles. The number of aromatic amines is 1. The van der Waals surface area contributed by atoms with Gasteiger partial charge in [0.2, 0.25) is 5.91 Å². The highest BCUT2D eigenvalue weighted by molar-refractivity contribution is 7.99. The maximum Gasteiger partial charge on any atom is 0.262 e. The van der Waals surface area contributed by atoms with E-state index >= 15 is 0 Å². The van der Waals surface area contributed by atoms with Crippen molar-refractivity contribution < 1.29 is 9.53 Å². The van der Waals surface area contributed by atoms with Gasteiger partial charge in [0.25, 0.3) is 5.56 Å². The molecule has 32 heavy (non-hydrogen) atoms. The van der Waals surface area contributed by atoms with E-state index in [1.807, 2.05) is 47.4 Å². The second kappa shape index (κ2) is 8.51. The third-order valence-corrected chi connectivity index (χ3v) is 6.33. The van der Waals surface area contributed by atoms with Gasteiger partial charge in [-0.2, -0.15) is 5.10 Å². The van der Waals surface area contributed by atoms with Crippen LogP contribution in [0, 0.1) is 0 Å². The van der Waals surface area contributed by atoms with Crippen LogP contribution in [0.5, 0.6) is 5.75 Å². The number of carbonyl (C=O) groups is 1. The number of aryl methyl sites for hydroxylation is 1. The highest BCUT2D eigenvalue weighted by Crippen LogP contribution is 2.28. The summed E-state index contributed by atoms with van der Waals surface area (Å²) >= 11 is 1.21. The number of hydrogen-bond donors (Lipinski definition) is 1. The molecule has 5 rings (SSSR count). The fraction of sp³-hybridized carbons (Fsp3) is 0.217. The molecule has 1 aliphatic heterocycles. The number of ether oxygens (including phenoxy) is 1. The summed E-state index contributed by atoms with van der Waals surface area (Å²) in [4.78, 5) is 34.7. The van der Waals surface area contributed by atoms with E-state index < -0.39 is 0 Å². The lowest BCUT2D eigenvalue weighted by Gasteiger charge is -2.29. The zero-order chi connectivity index (χ0) is 22.1. The van der Waals surface area contributed by atoms with E-state index in [1.165, 1.54) is 23.5 Å². The number of nitrogens with zero attached hydrogens (tertiary/aromatic N) is 4. The predicted octanol–water partition coefficient (Wildman–Crippen LogP) is 3.19. The first-order valence-electron chi connectivity index (χ1n) is 10.3. The standard InChI is InChI=1S/C23H21N5O3S/c1-31-19-11-5-4-10-18(19)28-21-16(13-24-28)22(30)26-23(25-21)32-14-20(29)27-12-6-8-15-7-2-3-9-17(15)27/h2-5,7,9-11,13H,6,8,12,14H2,1H3,(H,25,26,30). The Labute approximate surface area is 188 Å². The molecule has 0 saturated heterocycles. The summed E-state index contributed by atoms with van der Waals surface area (Å²) < 4.78 is 7.00. The third kappa shape index (κ3) is 3.64. The summed E-state index contributed by atoms with van der Waals surface area (Å²) in [5.41, 5.74) is 2.95. The van der Waals surface area contributed by atoms with E-state index in [-0.39, 0.29) is 17.2 Å². The molecule has 4 aromatic rings. The van der Waals surface area contributed by atoms with Crippen molar-refractivity contribution in [1.82, 2.24) is 19.7 Å². The Balaban J connectivity index is 1.42. The molecule has 1 amide bonds. The first kappa shape index (κ1) is 20.3. The number of carbonyl (C=O) groups excluding carboxylic acids is 1. The molecule has 0 atom stereocenters. The number of thioether (sulfide) groups is 1. The number of amides is 1. The van der Waals surface area contributed by atoms with E-state index in [1.54, 1.807) is 11.8 Å². The number of methoxy groups -OCH3 is 1. The summed E-state index contributed by atoms with van der Waals surface area (Å²) in [6.45, 7) is 0.694. The number of para-hydroxylation sites is 3. The van der Waals surface area contributed by atoms with Gasteiger partial charge in [-0.15, -0.1) is 0 Å². The van der Waals surface area contributed by atoms with Crippen LogP contribution >= 0.6 is 11.8 Å². The average molecular weight is 448 g/mol. The Morgan fingerprint density at radius 3 is 2.78 bits per heavy atom. The van der Waals surface area contributed by atoms with Gasteiger partial charge in [0.15, 0.2) is 10.8 Å². The number of aromatic nitrogens is 4. The van der Waals surface area contributed by atoms with Gasteiger partial charge >= 0.3 is 0 Å². The molecule has 0 bridgehead atoms. The van der Waals surface area contributed by atoms with Crippen molar-refractivity contribution in [2.45, 2.75) is 18.0 Å². The summed E-state index contributed by atoms with van der Waals surface area (Å²) in [5.74, 6) is 0.779. The lowest BCUT2D eigenvalue weighted by Crippen LogP contribution is -2.36. The lowest BCUT2D eigenvalue weighted by molar-refractivity contribution is -0.116. The van der Waals surface area contributed by atoms with Crippen molar-refractivity contribution in [1.29, 1.82) is 0 Å². The molecule has 9 heteroatoms. The second-order valence-corrected chi connectivity index (χ2v) is 8.37. The minimum absolute atomic E-state index is 0.0110. The molecule has 0 unspecified atom stereocenters. The Kier molecular flexibility index (Phi) is 5.40. The number of anilines is 1. The van der Waals surface area contributed by atoms with Gasteiger partial charge in [-0.1, -0.05) is 42.1 Å². The van der Waals surface area contributed by atoms with Crippen molar-refractivity contribution in [3.8, 4) is 11.4 Å². The molecule has 0 radical (unpaired) electrons. The van der Waals surface area contributed by atoms with Crippen molar-refractivity contribution in [2.75, 3.05) is 24.3 Å². The first-order valence-corrected chi connectivity index (χ1v) is 11.3. The Morgan fingerprint density at radius 2 is 1.94 bits per heavy atom. The molecule has 1 aliphatic rings. The Morgan fingerprint density at radius 1 is 1.16 bits per heavy atom. The molecule has 0 aliphatic carbocycles. The first-order chi connectivity index (χ1) is 15.7. The van der Waals surface area contributed by atoms with Crippen LogP contribution in [0.1, 0.15) is 12.0 Å². The van der Waals surface area contributed by atoms with Gasteiger partial charge in [0.05, 0.1) is 19.1 Å². The summed E-state index contributed by atoms with van der Waals surface area (Å²) in [5, 5.41) is 5.08. The van der Waals surface area contributed by atoms with E-state index in [2.05, 4.69) is 21.1 Å². The minimum atomic E-state index is -0.297. The molecule has 8 nitrogen and oxygen atoms in total. The maximum absolute atomic E-state index is 13.0. The zero-order valence-electron chi connectivity index (χ0n) is 17.4. The molecule has 2 aromatic heterocycles. The minimum Gasteiger partial charge on any atom is -0.494 e. The molecule has 1 N–H and O–H groups in total. The highest BCUT2D eigenvalue weighted by atomic mass is 32.2. The number of H-pyrrole nitrogens is 1. The van der Waals surface area contributed by atoms with Crippen LogP contribution in [0.2, 0.25) is 0 Å². The SMILES string of the molecule is COc1ccccc1-n1ncc2c(=O)[nH]c(SCC(=O)N3CCCc4ccccc43)nc21. The van der Waals surface area contributed by atoms with E-state index in [4.69, 9.17) is 4.74 Å². The lowest BCUT2D eigenvalue weighted by atomic mass is 10.0. The largest absolute Gasteiger partial charge is 0.494 e. The zero-order valence-corrected chi connectivity index (χ0v) is 18.3. The fourth-order valence-corrected chi connectivity index (χ4v) is 4.68. The number of benzene rings is 2. The van der Waals surface area contributed by atoms with Crippen LogP contribution in [0.25, 0.3) is 16.7 Å². The van der Waals surface area contributed by atoms with E-state index in [0.29, 0.717) is 34.2 Å². The predicted molar refractivity (Wildman–Crippen MR) is 124 cm³/mol. The van der Waals surface area contributed by atoms with Crippen LogP contribution in [0.15, 0.2) is 64.7 Å². The normalized spacial score (nSPS) is 13.2. The third-order valence-electron chi connectivity index (χ3n) is 5.47. The van der Waals surface area contributed by atoms with Crippen LogP contribution < -0.4 is 15.2 Å². The summed E-state index contributed by atoms with van der Waals surface area (Å²) in [7, 11) is 1.58. The van der Waals surface area contributed by atoms with E-state index in [0.717, 1.165) is 18.5 Å². The number of fused-ring (bicyclic) bond motifs is 2. The topological polar surface area (TPSA) is 93.1 Å². The van der Waals surface area contributed by atoms with Gasteiger partial charge < -0.3 is 14.6 Å². The fourth-order valence-electron chi connectivity index (χ4n) is 3.95. The highest BCUT2D eigenvalue weighted by Gasteiger charge is 2.22. The smallest absolute Gasteiger partial charge is 0.262 e. The van der Waals surface area contributed by atoms with Crippen LogP contribution in [0.3, 0.4) is 0 Å². The van der Waals surface area contributed by atoms with Crippen molar-refractivity contribution in [2.24, 2.45) is 0 Å². The van der Waals surface area contributed by atoms with Crippen LogP contribution in [-0.4, -0.2) is 45.1 Å². The van der Waals surface area contributed by atoms with Gasteiger partial charge in [-0.3, -0.25) is 9.59 Å². The number of rotatable bonds is 5.